The molecule has 0 aliphatic heterocycles. The Morgan fingerprint density at radius 2 is 1.88 bits per heavy atom. The summed E-state index contributed by atoms with van der Waals surface area (Å²) in [5.41, 5.74) is 2.53. The first-order chi connectivity index (χ1) is 12.7. The molecule has 6 rings (SSSR count). The number of carbonyl (C=O) groups excluding carboxylic acids is 1. The molecule has 4 saturated carbocycles. The Morgan fingerprint density at radius 3 is 2.54 bits per heavy atom. The Kier molecular flexibility index (Phi) is 4.11. The first kappa shape index (κ1) is 16.5. The van der Waals surface area contributed by atoms with Crippen LogP contribution in [0.15, 0.2) is 36.0 Å². The van der Waals surface area contributed by atoms with Crippen molar-refractivity contribution in [2.24, 2.45) is 23.2 Å². The lowest BCUT2D eigenvalue weighted by Gasteiger charge is -2.56. The number of hydrogen-bond acceptors (Lipinski definition) is 3. The Morgan fingerprint density at radius 1 is 1.15 bits per heavy atom. The van der Waals surface area contributed by atoms with E-state index < -0.39 is 0 Å². The van der Waals surface area contributed by atoms with Crippen LogP contribution in [0.1, 0.15) is 50.5 Å². The van der Waals surface area contributed by atoms with Crippen molar-refractivity contribution in [2.75, 3.05) is 0 Å². The van der Waals surface area contributed by atoms with E-state index in [4.69, 9.17) is 0 Å². The highest BCUT2D eigenvalue weighted by Crippen LogP contribution is 2.61. The van der Waals surface area contributed by atoms with Crippen molar-refractivity contribution in [1.82, 2.24) is 10.3 Å². The zero-order valence-corrected chi connectivity index (χ0v) is 15.9. The third-order valence-electron chi connectivity index (χ3n) is 6.79. The maximum atomic E-state index is 12.7. The van der Waals surface area contributed by atoms with E-state index in [-0.39, 0.29) is 5.91 Å². The van der Waals surface area contributed by atoms with Crippen LogP contribution in [0.4, 0.5) is 0 Å². The lowest BCUT2D eigenvalue weighted by molar-refractivity contribution is -0.129. The van der Waals surface area contributed by atoms with E-state index >= 15 is 0 Å². The molecule has 4 fully saturated rings. The van der Waals surface area contributed by atoms with Crippen molar-refractivity contribution in [3.8, 4) is 10.4 Å². The summed E-state index contributed by atoms with van der Waals surface area (Å²) in [6, 6.07) is 6.31. The van der Waals surface area contributed by atoms with Crippen LogP contribution in [-0.2, 0) is 11.3 Å². The summed E-state index contributed by atoms with van der Waals surface area (Å²) >= 11 is 1.72. The Bertz CT molecular complexity index is 763. The third-order valence-corrected chi connectivity index (χ3v) is 7.71. The Labute approximate surface area is 159 Å². The van der Waals surface area contributed by atoms with E-state index in [1.54, 1.807) is 11.3 Å². The van der Waals surface area contributed by atoms with E-state index in [9.17, 15) is 4.79 Å². The monoisotopic (exact) mass is 366 g/mol. The highest BCUT2D eigenvalue weighted by Gasteiger charge is 2.51. The predicted molar refractivity (Wildman–Crippen MR) is 105 cm³/mol. The second-order valence-electron chi connectivity index (χ2n) is 8.93. The molecule has 136 valence electrons. The standard InChI is InChI=1S/C22H26N2OS/c25-21(11-22-8-15-4-16(9-22)6-17(5-15)10-22)24-13-18-7-19(14-23-12-18)20-2-1-3-26-20/h1-3,7,12,14-17H,4-6,8-11,13H2,(H,24,25). The molecule has 4 aliphatic rings. The maximum absolute atomic E-state index is 12.7. The number of rotatable bonds is 5. The molecule has 2 aromatic rings. The Balaban J connectivity index is 1.21. The SMILES string of the molecule is O=C(CC12CC3CC(CC(C3)C1)C2)NCc1cncc(-c2cccs2)c1. The number of carbonyl (C=O) groups is 1. The van der Waals surface area contributed by atoms with E-state index in [1.807, 2.05) is 12.4 Å². The molecular weight excluding hydrogens is 340 g/mol. The molecule has 2 aromatic heterocycles. The molecule has 0 atom stereocenters. The average molecular weight is 367 g/mol. The summed E-state index contributed by atoms with van der Waals surface area (Å²) in [6.07, 6.45) is 12.7. The van der Waals surface area contributed by atoms with Crippen LogP contribution in [0.25, 0.3) is 10.4 Å². The van der Waals surface area contributed by atoms with Gasteiger partial charge in [0.1, 0.15) is 0 Å². The molecule has 0 spiro atoms. The van der Waals surface area contributed by atoms with Gasteiger partial charge >= 0.3 is 0 Å². The lowest BCUT2D eigenvalue weighted by Crippen LogP contribution is -2.47. The molecule has 0 saturated heterocycles. The quantitative estimate of drug-likeness (QED) is 0.806. The fourth-order valence-corrected chi connectivity index (χ4v) is 6.98. The van der Waals surface area contributed by atoms with Crippen molar-refractivity contribution in [2.45, 2.75) is 51.5 Å². The van der Waals surface area contributed by atoms with Crippen LogP contribution < -0.4 is 5.32 Å². The van der Waals surface area contributed by atoms with Gasteiger partial charge in [-0.15, -0.1) is 11.3 Å². The fraction of sp³-hybridized carbons (Fsp3) is 0.545. The van der Waals surface area contributed by atoms with Gasteiger partial charge in [0.15, 0.2) is 0 Å². The van der Waals surface area contributed by atoms with Crippen LogP contribution in [-0.4, -0.2) is 10.9 Å². The lowest BCUT2D eigenvalue weighted by atomic mass is 9.49. The van der Waals surface area contributed by atoms with Gasteiger partial charge < -0.3 is 5.32 Å². The highest BCUT2D eigenvalue weighted by molar-refractivity contribution is 7.13. The zero-order chi connectivity index (χ0) is 17.6. The number of hydrogen-bond donors (Lipinski definition) is 1. The number of nitrogens with zero attached hydrogens (tertiary/aromatic N) is 1. The third kappa shape index (κ3) is 3.20. The van der Waals surface area contributed by atoms with Gasteiger partial charge in [0.05, 0.1) is 0 Å². The van der Waals surface area contributed by atoms with Gasteiger partial charge in [-0.1, -0.05) is 6.07 Å². The molecule has 26 heavy (non-hydrogen) atoms. The summed E-state index contributed by atoms with van der Waals surface area (Å²) in [5, 5.41) is 5.25. The maximum Gasteiger partial charge on any atom is 0.220 e. The molecule has 4 bridgehead atoms. The van der Waals surface area contributed by atoms with Gasteiger partial charge in [0.25, 0.3) is 0 Å². The first-order valence-electron chi connectivity index (χ1n) is 9.92. The molecule has 2 heterocycles. The van der Waals surface area contributed by atoms with Crippen molar-refractivity contribution in [1.29, 1.82) is 0 Å². The smallest absolute Gasteiger partial charge is 0.220 e. The van der Waals surface area contributed by atoms with Gasteiger partial charge in [0, 0.05) is 35.8 Å². The molecule has 0 unspecified atom stereocenters. The fourth-order valence-electron chi connectivity index (χ4n) is 6.27. The van der Waals surface area contributed by atoms with Crippen molar-refractivity contribution < 1.29 is 4.79 Å². The minimum absolute atomic E-state index is 0.230. The van der Waals surface area contributed by atoms with Gasteiger partial charge in [0.2, 0.25) is 5.91 Å². The van der Waals surface area contributed by atoms with E-state index in [0.29, 0.717) is 12.0 Å². The topological polar surface area (TPSA) is 42.0 Å². The van der Waals surface area contributed by atoms with Gasteiger partial charge in [-0.05, 0) is 84.8 Å². The highest BCUT2D eigenvalue weighted by atomic mass is 32.1. The molecule has 4 heteroatoms. The number of nitrogens with one attached hydrogen (secondary N) is 1. The molecule has 3 nitrogen and oxygen atoms in total. The van der Waals surface area contributed by atoms with E-state index in [1.165, 1.54) is 43.4 Å². The van der Waals surface area contributed by atoms with Crippen LogP contribution >= 0.6 is 11.3 Å². The van der Waals surface area contributed by atoms with Crippen molar-refractivity contribution in [3.05, 3.63) is 41.5 Å². The van der Waals surface area contributed by atoms with Gasteiger partial charge in [-0.25, -0.2) is 0 Å². The Hall–Kier alpha value is -1.68. The molecule has 1 amide bonds. The minimum atomic E-state index is 0.230. The second-order valence-corrected chi connectivity index (χ2v) is 9.88. The van der Waals surface area contributed by atoms with Crippen molar-refractivity contribution >= 4 is 17.2 Å². The molecule has 4 aliphatic carbocycles. The number of pyridine rings is 1. The average Bonchev–Trinajstić information content (AvgIpc) is 3.13. The summed E-state index contributed by atoms with van der Waals surface area (Å²) in [5.74, 6) is 2.94. The number of aromatic nitrogens is 1. The van der Waals surface area contributed by atoms with Crippen molar-refractivity contribution in [3.63, 3.8) is 0 Å². The molecular formula is C22H26N2OS. The van der Waals surface area contributed by atoms with E-state index in [2.05, 4.69) is 33.9 Å². The van der Waals surface area contributed by atoms with Crippen LogP contribution in [0, 0.1) is 23.2 Å². The summed E-state index contributed by atoms with van der Waals surface area (Å²) in [4.78, 5) is 18.3. The van der Waals surface area contributed by atoms with Crippen LogP contribution in [0.5, 0.6) is 0 Å². The minimum Gasteiger partial charge on any atom is -0.352 e. The molecule has 1 N–H and O–H groups in total. The van der Waals surface area contributed by atoms with E-state index in [0.717, 1.165) is 35.3 Å². The molecule has 0 aromatic carbocycles. The summed E-state index contributed by atoms with van der Waals surface area (Å²) < 4.78 is 0. The van der Waals surface area contributed by atoms with Gasteiger partial charge in [-0.3, -0.25) is 9.78 Å². The van der Waals surface area contributed by atoms with Gasteiger partial charge in [-0.2, -0.15) is 0 Å². The van der Waals surface area contributed by atoms with Crippen LogP contribution in [0.2, 0.25) is 0 Å². The normalized spacial score (nSPS) is 31.9. The van der Waals surface area contributed by atoms with Crippen LogP contribution in [0.3, 0.4) is 0 Å². The largest absolute Gasteiger partial charge is 0.352 e. The number of amides is 1. The summed E-state index contributed by atoms with van der Waals surface area (Å²) in [6.45, 7) is 0.581. The predicted octanol–water partition coefficient (Wildman–Crippen LogP) is 5.03. The first-order valence-corrected chi connectivity index (χ1v) is 10.8. The summed E-state index contributed by atoms with van der Waals surface area (Å²) in [7, 11) is 0. The zero-order valence-electron chi connectivity index (χ0n) is 15.1. The molecule has 0 radical (unpaired) electrons. The second kappa shape index (κ2) is 6.49. The number of thiophene rings is 1.